The lowest BCUT2D eigenvalue weighted by Gasteiger charge is -1.99. The van der Waals surface area contributed by atoms with Crippen molar-refractivity contribution in [1.82, 2.24) is 4.98 Å². The number of thiazole rings is 1. The molecule has 0 saturated heterocycles. The molecule has 0 aromatic carbocycles. The van der Waals surface area contributed by atoms with Gasteiger partial charge in [-0.2, -0.15) is 0 Å². The first-order chi connectivity index (χ1) is 7.78. The van der Waals surface area contributed by atoms with E-state index in [4.69, 9.17) is 9.15 Å². The highest BCUT2D eigenvalue weighted by atomic mass is 32.1. The lowest BCUT2D eigenvalue weighted by Crippen LogP contribution is -1.96. The van der Waals surface area contributed by atoms with Crippen molar-refractivity contribution in [2.24, 2.45) is 0 Å². The number of methoxy groups -OCH3 is 1. The predicted octanol–water partition coefficient (Wildman–Crippen LogP) is 2.80. The molecule has 4 nitrogen and oxygen atoms in total. The minimum atomic E-state index is 0.510. The van der Waals surface area contributed by atoms with Gasteiger partial charge in [0.1, 0.15) is 18.1 Å². The van der Waals surface area contributed by atoms with Gasteiger partial charge in [-0.15, -0.1) is 11.3 Å². The third-order valence-corrected chi connectivity index (χ3v) is 2.91. The number of anilines is 1. The van der Waals surface area contributed by atoms with Crippen molar-refractivity contribution in [3.8, 4) is 0 Å². The van der Waals surface area contributed by atoms with E-state index in [1.165, 1.54) is 4.88 Å². The van der Waals surface area contributed by atoms with E-state index in [9.17, 15) is 0 Å². The van der Waals surface area contributed by atoms with Gasteiger partial charge in [0.15, 0.2) is 5.13 Å². The number of hydrogen-bond donors (Lipinski definition) is 1. The van der Waals surface area contributed by atoms with Crippen LogP contribution in [-0.2, 0) is 17.9 Å². The van der Waals surface area contributed by atoms with E-state index >= 15 is 0 Å². The molecule has 0 bridgehead atoms. The van der Waals surface area contributed by atoms with Crippen LogP contribution < -0.4 is 5.32 Å². The van der Waals surface area contributed by atoms with Gasteiger partial charge in [-0.05, 0) is 19.1 Å². The van der Waals surface area contributed by atoms with Crippen LogP contribution in [0.15, 0.2) is 22.7 Å². The average molecular weight is 238 g/mol. The summed E-state index contributed by atoms with van der Waals surface area (Å²) in [5, 5.41) is 4.13. The van der Waals surface area contributed by atoms with E-state index in [0.29, 0.717) is 13.2 Å². The summed E-state index contributed by atoms with van der Waals surface area (Å²) in [6, 6.07) is 3.87. The minimum absolute atomic E-state index is 0.510. The first-order valence-electron chi connectivity index (χ1n) is 5.01. The first-order valence-corrected chi connectivity index (χ1v) is 5.82. The summed E-state index contributed by atoms with van der Waals surface area (Å²) in [4.78, 5) is 5.41. The maximum Gasteiger partial charge on any atom is 0.183 e. The molecule has 0 fully saturated rings. The van der Waals surface area contributed by atoms with Crippen molar-refractivity contribution in [3.05, 3.63) is 34.7 Å². The zero-order valence-electron chi connectivity index (χ0n) is 9.32. The molecule has 0 saturated carbocycles. The van der Waals surface area contributed by atoms with Crippen molar-refractivity contribution < 1.29 is 9.15 Å². The van der Waals surface area contributed by atoms with Gasteiger partial charge < -0.3 is 14.5 Å². The molecule has 16 heavy (non-hydrogen) atoms. The second-order valence-corrected chi connectivity index (χ2v) is 4.67. The fourth-order valence-corrected chi connectivity index (χ4v) is 2.00. The van der Waals surface area contributed by atoms with E-state index < -0.39 is 0 Å². The second kappa shape index (κ2) is 5.14. The van der Waals surface area contributed by atoms with E-state index in [1.54, 1.807) is 18.4 Å². The highest BCUT2D eigenvalue weighted by Gasteiger charge is 2.03. The maximum absolute atomic E-state index is 5.54. The normalized spacial score (nSPS) is 10.6. The molecule has 0 aliphatic rings. The molecule has 2 aromatic heterocycles. The number of hydrogen-bond acceptors (Lipinski definition) is 5. The van der Waals surface area contributed by atoms with Crippen LogP contribution in [0.5, 0.6) is 0 Å². The summed E-state index contributed by atoms with van der Waals surface area (Å²) < 4.78 is 10.5. The number of ether oxygens (including phenoxy) is 1. The standard InChI is InChI=1S/C11H14N2O2S/c1-8-5-12-11(16-8)13-6-9-3-4-10(15-9)7-14-2/h3-5H,6-7H2,1-2H3,(H,12,13). The highest BCUT2D eigenvalue weighted by Crippen LogP contribution is 2.18. The predicted molar refractivity (Wildman–Crippen MR) is 63.6 cm³/mol. The number of rotatable bonds is 5. The van der Waals surface area contributed by atoms with Crippen LogP contribution in [0.3, 0.4) is 0 Å². The molecule has 2 rings (SSSR count). The molecular formula is C11H14N2O2S. The molecule has 5 heteroatoms. The number of furan rings is 1. The Morgan fingerprint density at radius 3 is 2.94 bits per heavy atom. The van der Waals surface area contributed by atoms with Crippen LogP contribution in [0, 0.1) is 6.92 Å². The quantitative estimate of drug-likeness (QED) is 0.870. The smallest absolute Gasteiger partial charge is 0.183 e. The van der Waals surface area contributed by atoms with Gasteiger partial charge in [-0.3, -0.25) is 0 Å². The van der Waals surface area contributed by atoms with Gasteiger partial charge in [-0.25, -0.2) is 4.98 Å². The van der Waals surface area contributed by atoms with Crippen molar-refractivity contribution in [2.75, 3.05) is 12.4 Å². The van der Waals surface area contributed by atoms with Crippen LogP contribution in [-0.4, -0.2) is 12.1 Å². The van der Waals surface area contributed by atoms with Crippen molar-refractivity contribution in [1.29, 1.82) is 0 Å². The van der Waals surface area contributed by atoms with Gasteiger partial charge >= 0.3 is 0 Å². The fraction of sp³-hybridized carbons (Fsp3) is 0.364. The van der Waals surface area contributed by atoms with E-state index in [0.717, 1.165) is 16.7 Å². The lowest BCUT2D eigenvalue weighted by atomic mass is 10.4. The number of aromatic nitrogens is 1. The van der Waals surface area contributed by atoms with Crippen molar-refractivity contribution in [2.45, 2.75) is 20.1 Å². The fourth-order valence-electron chi connectivity index (χ4n) is 1.34. The number of nitrogens with zero attached hydrogens (tertiary/aromatic N) is 1. The summed E-state index contributed by atoms with van der Waals surface area (Å²) in [5.41, 5.74) is 0. The monoisotopic (exact) mass is 238 g/mol. The summed E-state index contributed by atoms with van der Waals surface area (Å²) in [7, 11) is 1.65. The molecule has 0 aliphatic carbocycles. The van der Waals surface area contributed by atoms with Gasteiger partial charge in [0.05, 0.1) is 6.54 Å². The van der Waals surface area contributed by atoms with Gasteiger partial charge in [-0.1, -0.05) is 0 Å². The third kappa shape index (κ3) is 2.84. The molecule has 2 heterocycles. The van der Waals surface area contributed by atoms with Crippen molar-refractivity contribution >= 4 is 16.5 Å². The molecule has 0 spiro atoms. The average Bonchev–Trinajstić information content (AvgIpc) is 2.85. The van der Waals surface area contributed by atoms with Crippen LogP contribution in [0.25, 0.3) is 0 Å². The van der Waals surface area contributed by atoms with Gasteiger partial charge in [0.25, 0.3) is 0 Å². The molecule has 0 atom stereocenters. The summed E-state index contributed by atoms with van der Waals surface area (Å²) in [6.07, 6.45) is 1.85. The Morgan fingerprint density at radius 1 is 1.44 bits per heavy atom. The Labute approximate surface area is 98.3 Å². The highest BCUT2D eigenvalue weighted by molar-refractivity contribution is 7.15. The molecule has 86 valence electrons. The van der Waals surface area contributed by atoms with Gasteiger partial charge in [0, 0.05) is 18.2 Å². The Hall–Kier alpha value is -1.33. The largest absolute Gasteiger partial charge is 0.462 e. The summed E-state index contributed by atoms with van der Waals surface area (Å²) >= 11 is 1.64. The molecule has 0 unspecified atom stereocenters. The molecule has 1 N–H and O–H groups in total. The molecule has 0 aliphatic heterocycles. The third-order valence-electron chi connectivity index (χ3n) is 2.04. The Balaban J connectivity index is 1.89. The summed E-state index contributed by atoms with van der Waals surface area (Å²) in [5.74, 6) is 1.73. The SMILES string of the molecule is COCc1ccc(CNc2ncc(C)s2)o1. The van der Waals surface area contributed by atoms with Crippen molar-refractivity contribution in [3.63, 3.8) is 0 Å². The van der Waals surface area contributed by atoms with E-state index in [1.807, 2.05) is 25.3 Å². The molecular weight excluding hydrogens is 224 g/mol. The van der Waals surface area contributed by atoms with Crippen LogP contribution in [0.1, 0.15) is 16.4 Å². The Morgan fingerprint density at radius 2 is 2.25 bits per heavy atom. The molecule has 2 aromatic rings. The Bertz CT molecular complexity index is 450. The van der Waals surface area contributed by atoms with Gasteiger partial charge in [0.2, 0.25) is 0 Å². The van der Waals surface area contributed by atoms with E-state index in [-0.39, 0.29) is 0 Å². The second-order valence-electron chi connectivity index (χ2n) is 3.43. The zero-order valence-corrected chi connectivity index (χ0v) is 10.1. The van der Waals surface area contributed by atoms with Crippen LogP contribution in [0.4, 0.5) is 5.13 Å². The molecule has 0 amide bonds. The minimum Gasteiger partial charge on any atom is -0.462 e. The van der Waals surface area contributed by atoms with E-state index in [2.05, 4.69) is 10.3 Å². The zero-order chi connectivity index (χ0) is 11.4. The number of nitrogens with one attached hydrogen (secondary N) is 1. The van der Waals surface area contributed by atoms with Crippen LogP contribution >= 0.6 is 11.3 Å². The molecule has 0 radical (unpaired) electrons. The number of aryl methyl sites for hydroxylation is 1. The topological polar surface area (TPSA) is 47.3 Å². The Kier molecular flexibility index (Phi) is 3.58. The van der Waals surface area contributed by atoms with Crippen LogP contribution in [0.2, 0.25) is 0 Å². The summed E-state index contributed by atoms with van der Waals surface area (Å²) in [6.45, 7) is 3.19. The first kappa shape index (κ1) is 11.2. The maximum atomic E-state index is 5.54. The lowest BCUT2D eigenvalue weighted by molar-refractivity contribution is 0.163.